The van der Waals surface area contributed by atoms with Crippen molar-refractivity contribution in [1.29, 1.82) is 0 Å². The number of nitrogens with zero attached hydrogens (tertiary/aromatic N) is 6. The Morgan fingerprint density at radius 3 is 2.42 bits per heavy atom. The Morgan fingerprint density at radius 2 is 1.75 bits per heavy atom. The molecule has 1 aliphatic heterocycles. The molecule has 0 aliphatic carbocycles. The molecule has 210 valence electrons. The number of nitrogens with one attached hydrogen (secondary N) is 2. The molecule has 1 aromatic carbocycles. The molecule has 1 aliphatic rings. The first kappa shape index (κ1) is 28.6. The highest BCUT2D eigenvalue weighted by atomic mass is 16.5. The molecule has 0 radical (unpaired) electrons. The lowest BCUT2D eigenvalue weighted by Crippen LogP contribution is -2.49. The summed E-state index contributed by atoms with van der Waals surface area (Å²) in [6.07, 6.45) is 4.87. The van der Waals surface area contributed by atoms with Crippen molar-refractivity contribution in [2.45, 2.75) is 26.8 Å². The molecule has 1 saturated heterocycles. The molecule has 0 saturated carbocycles. The van der Waals surface area contributed by atoms with Crippen molar-refractivity contribution >= 4 is 35.0 Å². The Bertz CT molecular complexity index is 1390. The van der Waals surface area contributed by atoms with Crippen molar-refractivity contribution in [1.82, 2.24) is 29.7 Å². The number of anilines is 4. The Balaban J connectivity index is 1.53. The number of methoxy groups -OCH3 is 1. The smallest absolute Gasteiger partial charge is 0.318 e. The van der Waals surface area contributed by atoms with Crippen LogP contribution in [0.5, 0.6) is 6.01 Å². The number of piperazine rings is 1. The van der Waals surface area contributed by atoms with Gasteiger partial charge in [0.15, 0.2) is 5.78 Å². The van der Waals surface area contributed by atoms with Crippen LogP contribution in [0, 0.1) is 13.8 Å². The van der Waals surface area contributed by atoms with E-state index < -0.39 is 6.61 Å². The summed E-state index contributed by atoms with van der Waals surface area (Å²) in [4.78, 5) is 45.5. The quantitative estimate of drug-likeness (QED) is 0.305. The standard InChI is InChI=1S/C28H34N8O4/c1-5-22(38)13-21-12-20(16-35-8-10-36(11-9-35)24(39)17-37)6-7-23(21)31-25-18(2)14-29-27(32-25)33-26-19(3)15-30-28(34-26)40-4/h5-7,12,14-15,37H,1,8-11,13,16-17H2,2-4H3,(H2,29,30,31,32,33,34). The first-order valence-corrected chi connectivity index (χ1v) is 12.9. The molecule has 3 aromatic rings. The fourth-order valence-electron chi connectivity index (χ4n) is 4.30. The third-order valence-corrected chi connectivity index (χ3v) is 6.62. The number of aliphatic hydroxyl groups excluding tert-OH is 1. The lowest BCUT2D eigenvalue weighted by molar-refractivity contribution is -0.136. The minimum absolute atomic E-state index is 0.0914. The van der Waals surface area contributed by atoms with Crippen molar-refractivity contribution in [2.24, 2.45) is 0 Å². The first-order chi connectivity index (χ1) is 19.3. The molecule has 12 nitrogen and oxygen atoms in total. The topological polar surface area (TPSA) is 146 Å². The number of aliphatic hydroxyl groups is 1. The second-order valence-corrected chi connectivity index (χ2v) is 9.52. The molecule has 0 bridgehead atoms. The zero-order valence-electron chi connectivity index (χ0n) is 23.0. The average molecular weight is 547 g/mol. The molecule has 12 heteroatoms. The Hall–Kier alpha value is -4.42. The van der Waals surface area contributed by atoms with Gasteiger partial charge in [-0.2, -0.15) is 9.97 Å². The Morgan fingerprint density at radius 1 is 1.05 bits per heavy atom. The molecule has 2 aromatic heterocycles. The van der Waals surface area contributed by atoms with Crippen molar-refractivity contribution in [3.8, 4) is 6.01 Å². The molecular weight excluding hydrogens is 512 g/mol. The van der Waals surface area contributed by atoms with E-state index in [2.05, 4.69) is 42.0 Å². The third-order valence-electron chi connectivity index (χ3n) is 6.62. The van der Waals surface area contributed by atoms with Crippen molar-refractivity contribution in [3.05, 3.63) is 65.5 Å². The van der Waals surface area contributed by atoms with E-state index in [-0.39, 0.29) is 24.1 Å². The van der Waals surface area contributed by atoms with Crippen LogP contribution in [0.2, 0.25) is 0 Å². The normalized spacial score (nSPS) is 13.6. The van der Waals surface area contributed by atoms with Crippen LogP contribution in [-0.2, 0) is 22.6 Å². The second-order valence-electron chi connectivity index (χ2n) is 9.52. The summed E-state index contributed by atoms with van der Waals surface area (Å²) >= 11 is 0. The van der Waals surface area contributed by atoms with Crippen LogP contribution in [0.25, 0.3) is 0 Å². The Kier molecular flexibility index (Phi) is 9.35. The van der Waals surface area contributed by atoms with Crippen molar-refractivity contribution in [2.75, 3.05) is 50.5 Å². The van der Waals surface area contributed by atoms with Gasteiger partial charge in [0.1, 0.15) is 18.2 Å². The predicted octanol–water partition coefficient (Wildman–Crippen LogP) is 2.31. The number of allylic oxidation sites excluding steroid dienone is 1. The number of hydrogen-bond acceptors (Lipinski definition) is 11. The maximum Gasteiger partial charge on any atom is 0.318 e. The van der Waals surface area contributed by atoms with Gasteiger partial charge in [-0.25, -0.2) is 9.97 Å². The summed E-state index contributed by atoms with van der Waals surface area (Å²) in [5, 5.41) is 15.6. The van der Waals surface area contributed by atoms with E-state index in [1.807, 2.05) is 32.0 Å². The number of hydrogen-bond donors (Lipinski definition) is 3. The maximum absolute atomic E-state index is 12.4. The molecule has 0 unspecified atom stereocenters. The molecule has 4 rings (SSSR count). The van der Waals surface area contributed by atoms with Crippen LogP contribution >= 0.6 is 0 Å². The SMILES string of the molecule is C=CC(=O)Cc1cc(CN2CCN(C(=O)CO)CC2)ccc1Nc1nc(Nc2nc(OC)ncc2C)ncc1C. The van der Waals surface area contributed by atoms with E-state index in [1.54, 1.807) is 17.3 Å². The van der Waals surface area contributed by atoms with Gasteiger partial charge >= 0.3 is 6.01 Å². The highest BCUT2D eigenvalue weighted by Gasteiger charge is 2.21. The summed E-state index contributed by atoms with van der Waals surface area (Å²) in [7, 11) is 1.50. The van der Waals surface area contributed by atoms with Gasteiger partial charge in [-0.3, -0.25) is 14.5 Å². The van der Waals surface area contributed by atoms with Crippen molar-refractivity contribution < 1.29 is 19.4 Å². The number of ketones is 1. The van der Waals surface area contributed by atoms with Gasteiger partial charge in [0, 0.05) is 68.4 Å². The molecule has 0 atom stereocenters. The maximum atomic E-state index is 12.4. The van der Waals surface area contributed by atoms with Crippen LogP contribution in [0.15, 0.2) is 43.2 Å². The molecule has 3 heterocycles. The number of ether oxygens (including phenoxy) is 1. The Labute approximate surface area is 233 Å². The van der Waals surface area contributed by atoms with Crippen LogP contribution in [-0.4, -0.2) is 86.4 Å². The largest absolute Gasteiger partial charge is 0.467 e. The number of aromatic nitrogens is 4. The number of amides is 1. The van der Waals surface area contributed by atoms with Crippen LogP contribution in [0.3, 0.4) is 0 Å². The number of benzene rings is 1. The summed E-state index contributed by atoms with van der Waals surface area (Å²) in [5.74, 6) is 1.12. The lowest BCUT2D eigenvalue weighted by atomic mass is 10.0. The van der Waals surface area contributed by atoms with Gasteiger partial charge in [0.05, 0.1) is 7.11 Å². The molecule has 3 N–H and O–H groups in total. The highest BCUT2D eigenvalue weighted by Crippen LogP contribution is 2.26. The zero-order chi connectivity index (χ0) is 28.6. The number of aryl methyl sites for hydroxylation is 2. The second kappa shape index (κ2) is 13.1. The van der Waals surface area contributed by atoms with E-state index in [0.717, 1.165) is 27.9 Å². The summed E-state index contributed by atoms with van der Waals surface area (Å²) in [5.41, 5.74) is 4.25. The minimum Gasteiger partial charge on any atom is -0.467 e. The molecule has 0 spiro atoms. The number of carbonyl (C=O) groups excluding carboxylic acids is 2. The summed E-state index contributed by atoms with van der Waals surface area (Å²) in [6, 6.07) is 6.21. The average Bonchev–Trinajstić information content (AvgIpc) is 2.97. The van der Waals surface area contributed by atoms with Gasteiger partial charge in [-0.05, 0) is 37.1 Å². The van der Waals surface area contributed by atoms with Gasteiger partial charge in [-0.1, -0.05) is 18.7 Å². The first-order valence-electron chi connectivity index (χ1n) is 12.9. The molecule has 1 fully saturated rings. The lowest BCUT2D eigenvalue weighted by Gasteiger charge is -2.34. The van der Waals surface area contributed by atoms with E-state index in [0.29, 0.717) is 50.3 Å². The van der Waals surface area contributed by atoms with E-state index >= 15 is 0 Å². The van der Waals surface area contributed by atoms with Crippen molar-refractivity contribution in [3.63, 3.8) is 0 Å². The van der Waals surface area contributed by atoms with Gasteiger partial charge in [0.2, 0.25) is 11.9 Å². The van der Waals surface area contributed by atoms with Crippen LogP contribution in [0.4, 0.5) is 23.3 Å². The molecule has 1 amide bonds. The summed E-state index contributed by atoms with van der Waals surface area (Å²) in [6.45, 7) is 10.2. The monoisotopic (exact) mass is 546 g/mol. The van der Waals surface area contributed by atoms with Crippen LogP contribution in [0.1, 0.15) is 22.3 Å². The van der Waals surface area contributed by atoms with Gasteiger partial charge in [0.25, 0.3) is 0 Å². The zero-order valence-corrected chi connectivity index (χ0v) is 23.0. The fraction of sp³-hybridized carbons (Fsp3) is 0.357. The summed E-state index contributed by atoms with van der Waals surface area (Å²) < 4.78 is 5.12. The van der Waals surface area contributed by atoms with Gasteiger partial charge < -0.3 is 25.4 Å². The van der Waals surface area contributed by atoms with E-state index in [9.17, 15) is 9.59 Å². The van der Waals surface area contributed by atoms with E-state index in [1.165, 1.54) is 13.2 Å². The molecular formula is C28H34N8O4. The highest BCUT2D eigenvalue weighted by molar-refractivity contribution is 5.92. The number of carbonyl (C=O) groups is 2. The van der Waals surface area contributed by atoms with E-state index in [4.69, 9.17) is 9.84 Å². The third kappa shape index (κ3) is 7.16. The van der Waals surface area contributed by atoms with Gasteiger partial charge in [-0.15, -0.1) is 0 Å². The predicted molar refractivity (Wildman–Crippen MR) is 151 cm³/mol. The van der Waals surface area contributed by atoms with Crippen LogP contribution < -0.4 is 15.4 Å². The number of rotatable bonds is 11. The minimum atomic E-state index is -0.465. The molecule has 40 heavy (non-hydrogen) atoms. The fourth-order valence-corrected chi connectivity index (χ4v) is 4.30.